The van der Waals surface area contributed by atoms with Crippen molar-refractivity contribution in [2.45, 2.75) is 0 Å². The van der Waals surface area contributed by atoms with Crippen molar-refractivity contribution in [1.82, 2.24) is 0 Å². The van der Waals surface area contributed by atoms with Gasteiger partial charge < -0.3 is 5.21 Å². The van der Waals surface area contributed by atoms with E-state index in [0.717, 1.165) is 27.1 Å². The molecule has 0 fully saturated rings. The van der Waals surface area contributed by atoms with Gasteiger partial charge in [0.25, 0.3) is 0 Å². The van der Waals surface area contributed by atoms with E-state index in [1.54, 1.807) is 0 Å². The fourth-order valence-corrected chi connectivity index (χ4v) is 2.25. The van der Waals surface area contributed by atoms with Crippen LogP contribution in [0.5, 0.6) is 0 Å². The Kier molecular flexibility index (Phi) is 2.26. The molecule has 0 radical (unpaired) electrons. The minimum atomic E-state index is 0.959. The molecule has 3 rings (SSSR count). The van der Waals surface area contributed by atoms with Crippen LogP contribution >= 0.6 is 0 Å². The molecule has 1 N–H and O–H groups in total. The largest absolute Gasteiger partial charge is 0.411 e. The highest BCUT2D eigenvalue weighted by atomic mass is 16.4. The van der Waals surface area contributed by atoms with Crippen LogP contribution in [0, 0.1) is 0 Å². The SMILES string of the molecule is O/N=C\c1c2ccccc2cc2ccccc12. The first-order valence-corrected chi connectivity index (χ1v) is 5.48. The summed E-state index contributed by atoms with van der Waals surface area (Å²) in [4.78, 5) is 0. The summed E-state index contributed by atoms with van der Waals surface area (Å²) in [6.45, 7) is 0. The monoisotopic (exact) mass is 221 g/mol. The lowest BCUT2D eigenvalue weighted by Crippen LogP contribution is -1.87. The molecule has 0 atom stereocenters. The maximum Gasteiger partial charge on any atom is 0.0746 e. The van der Waals surface area contributed by atoms with E-state index in [0.29, 0.717) is 0 Å². The molecule has 0 aromatic heterocycles. The molecule has 0 aliphatic carbocycles. The van der Waals surface area contributed by atoms with Crippen LogP contribution in [-0.4, -0.2) is 11.4 Å². The van der Waals surface area contributed by atoms with Gasteiger partial charge in [-0.15, -0.1) is 0 Å². The Morgan fingerprint density at radius 3 is 1.88 bits per heavy atom. The van der Waals surface area contributed by atoms with Crippen LogP contribution < -0.4 is 0 Å². The summed E-state index contributed by atoms with van der Waals surface area (Å²) in [7, 11) is 0. The summed E-state index contributed by atoms with van der Waals surface area (Å²) in [6, 6.07) is 18.4. The van der Waals surface area contributed by atoms with Crippen LogP contribution in [0.3, 0.4) is 0 Å². The smallest absolute Gasteiger partial charge is 0.0746 e. The van der Waals surface area contributed by atoms with E-state index in [4.69, 9.17) is 5.21 Å². The second kappa shape index (κ2) is 3.91. The van der Waals surface area contributed by atoms with Crippen LogP contribution in [0.25, 0.3) is 21.5 Å². The van der Waals surface area contributed by atoms with E-state index in [-0.39, 0.29) is 0 Å². The standard InChI is InChI=1S/C15H11NO/c17-16-10-15-13-7-3-1-5-11(13)9-12-6-2-4-8-14(12)15/h1-10,17H/b16-10-. The fraction of sp³-hybridized carbons (Fsp3) is 0. The van der Waals surface area contributed by atoms with Crippen molar-refractivity contribution < 1.29 is 5.21 Å². The third-order valence-electron chi connectivity index (χ3n) is 3.00. The van der Waals surface area contributed by atoms with Gasteiger partial charge in [0.15, 0.2) is 0 Å². The van der Waals surface area contributed by atoms with Crippen LogP contribution in [0.15, 0.2) is 59.8 Å². The van der Waals surface area contributed by atoms with Gasteiger partial charge >= 0.3 is 0 Å². The Morgan fingerprint density at radius 1 is 0.824 bits per heavy atom. The first-order chi connectivity index (χ1) is 8.40. The predicted octanol–water partition coefficient (Wildman–Crippen LogP) is 3.80. The zero-order chi connectivity index (χ0) is 11.7. The molecule has 0 unspecified atom stereocenters. The van der Waals surface area contributed by atoms with Crippen LogP contribution in [0.2, 0.25) is 0 Å². The quantitative estimate of drug-likeness (QED) is 0.288. The summed E-state index contributed by atoms with van der Waals surface area (Å²) >= 11 is 0. The van der Waals surface area contributed by atoms with E-state index < -0.39 is 0 Å². The first-order valence-electron chi connectivity index (χ1n) is 5.48. The molecule has 0 bridgehead atoms. The van der Waals surface area contributed by atoms with Crippen LogP contribution in [-0.2, 0) is 0 Å². The molecule has 0 heterocycles. The Bertz CT molecular complexity index is 662. The number of fused-ring (bicyclic) bond motifs is 2. The van der Waals surface area contributed by atoms with E-state index >= 15 is 0 Å². The fourth-order valence-electron chi connectivity index (χ4n) is 2.25. The molecule has 0 aliphatic heterocycles. The number of rotatable bonds is 1. The van der Waals surface area contributed by atoms with Crippen molar-refractivity contribution in [3.05, 3.63) is 60.2 Å². The lowest BCUT2D eigenvalue weighted by atomic mass is 9.97. The minimum Gasteiger partial charge on any atom is -0.411 e. The maximum atomic E-state index is 8.81. The normalized spacial score (nSPS) is 11.5. The second-order valence-corrected chi connectivity index (χ2v) is 3.98. The highest BCUT2D eigenvalue weighted by molar-refractivity contribution is 6.13. The highest BCUT2D eigenvalue weighted by Crippen LogP contribution is 2.27. The third-order valence-corrected chi connectivity index (χ3v) is 3.00. The predicted molar refractivity (Wildman–Crippen MR) is 70.8 cm³/mol. The lowest BCUT2D eigenvalue weighted by Gasteiger charge is -2.06. The van der Waals surface area contributed by atoms with Gasteiger partial charge in [-0.1, -0.05) is 53.7 Å². The lowest BCUT2D eigenvalue weighted by molar-refractivity contribution is 0.322. The molecular formula is C15H11NO. The molecule has 2 nitrogen and oxygen atoms in total. The molecule has 0 spiro atoms. The second-order valence-electron chi connectivity index (χ2n) is 3.98. The van der Waals surface area contributed by atoms with Gasteiger partial charge in [0, 0.05) is 5.56 Å². The molecule has 0 saturated carbocycles. The van der Waals surface area contributed by atoms with E-state index in [1.165, 1.54) is 6.21 Å². The van der Waals surface area contributed by atoms with Gasteiger partial charge in [0.1, 0.15) is 0 Å². The zero-order valence-corrected chi connectivity index (χ0v) is 9.17. The molecule has 3 aromatic carbocycles. The van der Waals surface area contributed by atoms with Crippen molar-refractivity contribution >= 4 is 27.8 Å². The summed E-state index contributed by atoms with van der Waals surface area (Å²) in [5.41, 5.74) is 0.959. The number of nitrogens with zero attached hydrogens (tertiary/aromatic N) is 1. The average Bonchev–Trinajstić information content (AvgIpc) is 2.39. The zero-order valence-electron chi connectivity index (χ0n) is 9.17. The maximum absolute atomic E-state index is 8.81. The van der Waals surface area contributed by atoms with Crippen molar-refractivity contribution in [1.29, 1.82) is 0 Å². The summed E-state index contributed by atoms with van der Waals surface area (Å²) in [5.74, 6) is 0. The number of hydrogen-bond acceptors (Lipinski definition) is 2. The molecule has 2 heteroatoms. The van der Waals surface area contributed by atoms with Gasteiger partial charge in [-0.3, -0.25) is 0 Å². The van der Waals surface area contributed by atoms with Crippen LogP contribution in [0.1, 0.15) is 5.56 Å². The van der Waals surface area contributed by atoms with Crippen molar-refractivity contribution in [3.63, 3.8) is 0 Å². The van der Waals surface area contributed by atoms with E-state index in [9.17, 15) is 0 Å². The molecular weight excluding hydrogens is 210 g/mol. The Morgan fingerprint density at radius 2 is 1.35 bits per heavy atom. The van der Waals surface area contributed by atoms with E-state index in [2.05, 4.69) is 23.4 Å². The van der Waals surface area contributed by atoms with Gasteiger partial charge in [0.2, 0.25) is 0 Å². The first kappa shape index (κ1) is 9.85. The van der Waals surface area contributed by atoms with Gasteiger partial charge in [-0.05, 0) is 27.6 Å². The molecule has 17 heavy (non-hydrogen) atoms. The third kappa shape index (κ3) is 1.54. The van der Waals surface area contributed by atoms with Crippen molar-refractivity contribution in [3.8, 4) is 0 Å². The minimum absolute atomic E-state index is 0.959. The molecule has 0 amide bonds. The van der Waals surface area contributed by atoms with Crippen molar-refractivity contribution in [2.24, 2.45) is 5.16 Å². The van der Waals surface area contributed by atoms with Gasteiger partial charge in [-0.25, -0.2) is 0 Å². The Balaban J connectivity index is 2.56. The highest BCUT2D eigenvalue weighted by Gasteiger charge is 2.04. The topological polar surface area (TPSA) is 32.6 Å². The van der Waals surface area contributed by atoms with Crippen LogP contribution in [0.4, 0.5) is 0 Å². The summed E-state index contributed by atoms with van der Waals surface area (Å²) < 4.78 is 0. The Hall–Kier alpha value is -2.35. The molecule has 0 saturated heterocycles. The molecule has 0 aliphatic rings. The summed E-state index contributed by atoms with van der Waals surface area (Å²) in [5, 5.41) is 16.5. The molecule has 82 valence electrons. The Labute approximate surface area is 98.8 Å². The number of benzene rings is 3. The number of oxime groups is 1. The number of hydrogen-bond donors (Lipinski definition) is 1. The van der Waals surface area contributed by atoms with Gasteiger partial charge in [-0.2, -0.15) is 0 Å². The van der Waals surface area contributed by atoms with Gasteiger partial charge in [0.05, 0.1) is 6.21 Å². The van der Waals surface area contributed by atoms with Crippen molar-refractivity contribution in [2.75, 3.05) is 0 Å². The summed E-state index contributed by atoms with van der Waals surface area (Å²) in [6.07, 6.45) is 1.50. The molecule has 3 aromatic rings. The average molecular weight is 221 g/mol. The van der Waals surface area contributed by atoms with E-state index in [1.807, 2.05) is 36.4 Å².